The van der Waals surface area contributed by atoms with Gasteiger partial charge in [-0.25, -0.2) is 4.98 Å². The number of aromatic nitrogens is 2. The Morgan fingerprint density at radius 2 is 2.39 bits per heavy atom. The van der Waals surface area contributed by atoms with E-state index in [1.54, 1.807) is 0 Å². The summed E-state index contributed by atoms with van der Waals surface area (Å²) < 4.78 is 2.14. The van der Waals surface area contributed by atoms with E-state index in [0.29, 0.717) is 6.04 Å². The second-order valence-corrected chi connectivity index (χ2v) is 6.13. The Morgan fingerprint density at radius 3 is 3.17 bits per heavy atom. The van der Waals surface area contributed by atoms with Crippen LogP contribution in [-0.2, 0) is 13.6 Å². The lowest BCUT2D eigenvalue weighted by molar-refractivity contribution is 0.558. The van der Waals surface area contributed by atoms with Gasteiger partial charge in [0.2, 0.25) is 0 Å². The zero-order chi connectivity index (χ0) is 12.5. The van der Waals surface area contributed by atoms with Crippen molar-refractivity contribution >= 4 is 22.8 Å². The van der Waals surface area contributed by atoms with Crippen LogP contribution in [0.15, 0.2) is 18.2 Å². The van der Waals surface area contributed by atoms with Crippen molar-refractivity contribution in [1.29, 1.82) is 0 Å². The van der Waals surface area contributed by atoms with Gasteiger partial charge >= 0.3 is 0 Å². The third-order valence-corrected chi connectivity index (χ3v) is 4.86. The molecular weight excluding hydrogens is 242 g/mol. The molecule has 3 nitrogen and oxygen atoms in total. The standard InChI is InChI=1S/C14H19N3S/c1-10-16-13-7-11(3-4-14(13)17(10)2)8-15-12-5-6-18-9-12/h3-4,7,12,15H,5-6,8-9H2,1-2H3. The highest BCUT2D eigenvalue weighted by Crippen LogP contribution is 2.19. The molecule has 4 heteroatoms. The van der Waals surface area contributed by atoms with Crippen molar-refractivity contribution in [2.75, 3.05) is 11.5 Å². The van der Waals surface area contributed by atoms with Gasteiger partial charge in [-0.1, -0.05) is 6.07 Å². The van der Waals surface area contributed by atoms with Crippen molar-refractivity contribution in [3.8, 4) is 0 Å². The molecule has 3 rings (SSSR count). The molecule has 1 aliphatic heterocycles. The summed E-state index contributed by atoms with van der Waals surface area (Å²) in [6.07, 6.45) is 1.30. The average molecular weight is 261 g/mol. The molecule has 1 unspecified atom stereocenters. The van der Waals surface area contributed by atoms with E-state index in [0.717, 1.165) is 17.9 Å². The van der Waals surface area contributed by atoms with Crippen LogP contribution in [0.2, 0.25) is 0 Å². The highest BCUT2D eigenvalue weighted by atomic mass is 32.2. The summed E-state index contributed by atoms with van der Waals surface area (Å²) in [5.41, 5.74) is 3.65. The predicted octanol–water partition coefficient (Wildman–Crippen LogP) is 2.48. The van der Waals surface area contributed by atoms with Crippen molar-refractivity contribution in [2.24, 2.45) is 7.05 Å². The van der Waals surface area contributed by atoms with E-state index in [2.05, 4.69) is 40.1 Å². The number of aryl methyl sites for hydroxylation is 2. The van der Waals surface area contributed by atoms with Crippen LogP contribution in [0.25, 0.3) is 11.0 Å². The van der Waals surface area contributed by atoms with Crippen molar-refractivity contribution < 1.29 is 0 Å². The Kier molecular flexibility index (Phi) is 3.31. The van der Waals surface area contributed by atoms with Crippen LogP contribution >= 0.6 is 11.8 Å². The van der Waals surface area contributed by atoms with Gasteiger partial charge < -0.3 is 9.88 Å². The smallest absolute Gasteiger partial charge is 0.106 e. The van der Waals surface area contributed by atoms with Crippen molar-refractivity contribution in [3.05, 3.63) is 29.6 Å². The number of thioether (sulfide) groups is 1. The third kappa shape index (κ3) is 2.27. The van der Waals surface area contributed by atoms with Crippen LogP contribution in [0.3, 0.4) is 0 Å². The first-order valence-electron chi connectivity index (χ1n) is 6.47. The summed E-state index contributed by atoms with van der Waals surface area (Å²) in [6, 6.07) is 7.28. The van der Waals surface area contributed by atoms with Crippen molar-refractivity contribution in [1.82, 2.24) is 14.9 Å². The lowest BCUT2D eigenvalue weighted by Gasteiger charge is -2.10. The molecule has 1 N–H and O–H groups in total. The van der Waals surface area contributed by atoms with Crippen molar-refractivity contribution in [2.45, 2.75) is 25.9 Å². The monoisotopic (exact) mass is 261 g/mol. The fraction of sp³-hybridized carbons (Fsp3) is 0.500. The molecule has 1 fully saturated rings. The Balaban J connectivity index is 1.76. The average Bonchev–Trinajstić information content (AvgIpc) is 2.97. The number of fused-ring (bicyclic) bond motifs is 1. The Hall–Kier alpha value is -1.00. The quantitative estimate of drug-likeness (QED) is 0.920. The summed E-state index contributed by atoms with van der Waals surface area (Å²) in [4.78, 5) is 4.58. The maximum atomic E-state index is 4.58. The SMILES string of the molecule is Cc1nc2cc(CNC3CCSC3)ccc2n1C. The number of nitrogens with one attached hydrogen (secondary N) is 1. The van der Waals surface area contributed by atoms with E-state index in [4.69, 9.17) is 0 Å². The molecule has 1 atom stereocenters. The molecule has 0 bridgehead atoms. The molecule has 1 saturated heterocycles. The lowest BCUT2D eigenvalue weighted by atomic mass is 10.2. The fourth-order valence-corrected chi connectivity index (χ4v) is 3.62. The molecular formula is C14H19N3S. The van der Waals surface area contributed by atoms with E-state index in [1.165, 1.54) is 29.0 Å². The van der Waals surface area contributed by atoms with Gasteiger partial charge in [0, 0.05) is 25.4 Å². The molecule has 0 aliphatic carbocycles. The molecule has 1 aromatic heterocycles. The maximum Gasteiger partial charge on any atom is 0.106 e. The Bertz CT molecular complexity index is 555. The first-order chi connectivity index (χ1) is 8.74. The van der Waals surface area contributed by atoms with Crippen LogP contribution in [0.4, 0.5) is 0 Å². The molecule has 96 valence electrons. The molecule has 0 amide bonds. The normalized spacial score (nSPS) is 19.8. The van der Waals surface area contributed by atoms with Gasteiger partial charge in [0.25, 0.3) is 0 Å². The van der Waals surface area contributed by atoms with Gasteiger partial charge in [-0.15, -0.1) is 0 Å². The fourth-order valence-electron chi connectivity index (χ4n) is 2.43. The molecule has 1 aliphatic rings. The molecule has 0 radical (unpaired) electrons. The predicted molar refractivity (Wildman–Crippen MR) is 78.0 cm³/mol. The number of hydrogen-bond donors (Lipinski definition) is 1. The van der Waals surface area contributed by atoms with Gasteiger partial charge in [-0.05, 0) is 36.8 Å². The minimum Gasteiger partial charge on any atom is -0.331 e. The molecule has 2 heterocycles. The Morgan fingerprint density at radius 1 is 1.50 bits per heavy atom. The number of rotatable bonds is 3. The molecule has 0 saturated carbocycles. The van der Waals surface area contributed by atoms with Crippen LogP contribution in [0, 0.1) is 6.92 Å². The van der Waals surface area contributed by atoms with Crippen LogP contribution in [0.5, 0.6) is 0 Å². The summed E-state index contributed by atoms with van der Waals surface area (Å²) in [5.74, 6) is 3.63. The summed E-state index contributed by atoms with van der Waals surface area (Å²) in [7, 11) is 2.07. The van der Waals surface area contributed by atoms with E-state index >= 15 is 0 Å². The first-order valence-corrected chi connectivity index (χ1v) is 7.62. The van der Waals surface area contributed by atoms with Gasteiger partial charge in [-0.3, -0.25) is 0 Å². The second kappa shape index (κ2) is 4.94. The number of hydrogen-bond acceptors (Lipinski definition) is 3. The van der Waals surface area contributed by atoms with Gasteiger partial charge in [0.15, 0.2) is 0 Å². The molecule has 1 aromatic carbocycles. The van der Waals surface area contributed by atoms with Crippen LogP contribution in [-0.4, -0.2) is 27.1 Å². The van der Waals surface area contributed by atoms with E-state index in [1.807, 2.05) is 18.7 Å². The number of imidazole rings is 1. The third-order valence-electron chi connectivity index (χ3n) is 3.69. The number of benzene rings is 1. The molecule has 2 aromatic rings. The minimum absolute atomic E-state index is 0.691. The summed E-state index contributed by atoms with van der Waals surface area (Å²) in [6.45, 7) is 3.00. The van der Waals surface area contributed by atoms with Crippen molar-refractivity contribution in [3.63, 3.8) is 0 Å². The van der Waals surface area contributed by atoms with E-state index < -0.39 is 0 Å². The van der Waals surface area contributed by atoms with E-state index in [9.17, 15) is 0 Å². The summed E-state index contributed by atoms with van der Waals surface area (Å²) >= 11 is 2.05. The van der Waals surface area contributed by atoms with Gasteiger partial charge in [-0.2, -0.15) is 11.8 Å². The van der Waals surface area contributed by atoms with Gasteiger partial charge in [0.05, 0.1) is 11.0 Å². The number of nitrogens with zero attached hydrogens (tertiary/aromatic N) is 2. The zero-order valence-corrected chi connectivity index (χ0v) is 11.8. The topological polar surface area (TPSA) is 29.9 Å². The largest absolute Gasteiger partial charge is 0.331 e. The Labute approximate surface area is 112 Å². The highest BCUT2D eigenvalue weighted by Gasteiger charge is 2.14. The lowest BCUT2D eigenvalue weighted by Crippen LogP contribution is -2.27. The first kappa shape index (κ1) is 12.1. The highest BCUT2D eigenvalue weighted by molar-refractivity contribution is 7.99. The van der Waals surface area contributed by atoms with Gasteiger partial charge in [0.1, 0.15) is 5.82 Å². The van der Waals surface area contributed by atoms with Crippen LogP contribution in [0.1, 0.15) is 17.8 Å². The molecule has 0 spiro atoms. The zero-order valence-electron chi connectivity index (χ0n) is 10.9. The summed E-state index contributed by atoms with van der Waals surface area (Å²) in [5, 5.41) is 3.63. The minimum atomic E-state index is 0.691. The maximum absolute atomic E-state index is 4.58. The van der Waals surface area contributed by atoms with E-state index in [-0.39, 0.29) is 0 Å². The van der Waals surface area contributed by atoms with Crippen LogP contribution < -0.4 is 5.32 Å². The second-order valence-electron chi connectivity index (χ2n) is 4.98. The molecule has 18 heavy (non-hydrogen) atoms.